The second-order valence-electron chi connectivity index (χ2n) is 6.84. The third-order valence-electron chi connectivity index (χ3n) is 5.31. The predicted octanol–water partition coefficient (Wildman–Crippen LogP) is 1.93. The molecule has 0 aliphatic carbocycles. The SMILES string of the molecule is O=C(c1cc2c([nH]1)CCOC2)N1CCN(c2cccc3[nH]cnc23)CC1. The van der Waals surface area contributed by atoms with Crippen molar-refractivity contribution in [2.75, 3.05) is 37.7 Å². The highest BCUT2D eigenvalue weighted by atomic mass is 16.5. The molecule has 1 aromatic carbocycles. The fourth-order valence-electron chi connectivity index (χ4n) is 3.89. The van der Waals surface area contributed by atoms with Crippen molar-refractivity contribution in [2.45, 2.75) is 13.0 Å². The summed E-state index contributed by atoms with van der Waals surface area (Å²) in [5, 5.41) is 0. The van der Waals surface area contributed by atoms with Gasteiger partial charge in [0.25, 0.3) is 5.91 Å². The molecular formula is C19H21N5O2. The van der Waals surface area contributed by atoms with Gasteiger partial charge in [-0.3, -0.25) is 4.79 Å². The Bertz CT molecular complexity index is 928. The van der Waals surface area contributed by atoms with Gasteiger partial charge in [0.2, 0.25) is 0 Å². The average molecular weight is 351 g/mol. The molecule has 26 heavy (non-hydrogen) atoms. The van der Waals surface area contributed by atoms with Gasteiger partial charge in [0.15, 0.2) is 0 Å². The van der Waals surface area contributed by atoms with E-state index < -0.39 is 0 Å². The van der Waals surface area contributed by atoms with Crippen LogP contribution in [-0.4, -0.2) is 58.5 Å². The van der Waals surface area contributed by atoms with Gasteiger partial charge in [0, 0.05) is 38.3 Å². The summed E-state index contributed by atoms with van der Waals surface area (Å²) in [7, 11) is 0. The molecule has 1 amide bonds. The zero-order valence-electron chi connectivity index (χ0n) is 14.5. The summed E-state index contributed by atoms with van der Waals surface area (Å²) in [5.41, 5.74) is 6.10. The number of aromatic nitrogens is 3. The van der Waals surface area contributed by atoms with Crippen LogP contribution in [-0.2, 0) is 17.8 Å². The van der Waals surface area contributed by atoms with Crippen LogP contribution < -0.4 is 4.90 Å². The lowest BCUT2D eigenvalue weighted by atomic mass is 10.1. The van der Waals surface area contributed by atoms with Crippen molar-refractivity contribution in [1.82, 2.24) is 19.9 Å². The number of fused-ring (bicyclic) bond motifs is 2. The van der Waals surface area contributed by atoms with E-state index in [9.17, 15) is 4.79 Å². The standard InChI is InChI=1S/C19H21N5O2/c25-19(16-10-13-11-26-9-4-14(13)22-16)24-7-5-23(6-8-24)17-3-1-2-15-18(17)21-12-20-15/h1-3,10,12,22H,4-9,11H2,(H,20,21). The minimum absolute atomic E-state index is 0.0806. The summed E-state index contributed by atoms with van der Waals surface area (Å²) in [4.78, 5) is 28.0. The highest BCUT2D eigenvalue weighted by Gasteiger charge is 2.25. The quantitative estimate of drug-likeness (QED) is 0.740. The summed E-state index contributed by atoms with van der Waals surface area (Å²) in [6, 6.07) is 8.12. The van der Waals surface area contributed by atoms with Crippen LogP contribution in [0.2, 0.25) is 0 Å². The van der Waals surface area contributed by atoms with Crippen molar-refractivity contribution in [3.8, 4) is 0 Å². The minimum atomic E-state index is 0.0806. The number of para-hydroxylation sites is 1. The lowest BCUT2D eigenvalue weighted by Gasteiger charge is -2.36. The molecule has 0 atom stereocenters. The number of amides is 1. The molecule has 3 aromatic rings. The third kappa shape index (κ3) is 2.55. The Balaban J connectivity index is 1.30. The number of carbonyl (C=O) groups excluding carboxylic acids is 1. The fraction of sp³-hybridized carbons (Fsp3) is 0.368. The van der Waals surface area contributed by atoms with E-state index in [1.54, 1.807) is 6.33 Å². The van der Waals surface area contributed by atoms with Crippen LogP contribution >= 0.6 is 0 Å². The smallest absolute Gasteiger partial charge is 0.270 e. The molecule has 0 radical (unpaired) electrons. The molecule has 0 unspecified atom stereocenters. The lowest BCUT2D eigenvalue weighted by Crippen LogP contribution is -2.49. The highest BCUT2D eigenvalue weighted by Crippen LogP contribution is 2.25. The van der Waals surface area contributed by atoms with E-state index in [4.69, 9.17) is 4.74 Å². The number of nitrogens with zero attached hydrogens (tertiary/aromatic N) is 3. The van der Waals surface area contributed by atoms with Crippen LogP contribution in [0.15, 0.2) is 30.6 Å². The Morgan fingerprint density at radius 1 is 1.19 bits per heavy atom. The maximum absolute atomic E-state index is 12.8. The van der Waals surface area contributed by atoms with Gasteiger partial charge < -0.3 is 24.5 Å². The molecule has 134 valence electrons. The molecule has 7 heteroatoms. The normalized spacial score (nSPS) is 17.5. The van der Waals surface area contributed by atoms with Crippen LogP contribution in [0.1, 0.15) is 21.7 Å². The first-order valence-corrected chi connectivity index (χ1v) is 9.04. The van der Waals surface area contributed by atoms with Crippen molar-refractivity contribution in [3.05, 3.63) is 47.5 Å². The summed E-state index contributed by atoms with van der Waals surface area (Å²) < 4.78 is 5.47. The number of H-pyrrole nitrogens is 2. The zero-order chi connectivity index (χ0) is 17.5. The highest BCUT2D eigenvalue weighted by molar-refractivity contribution is 5.93. The van der Waals surface area contributed by atoms with Gasteiger partial charge in [-0.1, -0.05) is 6.07 Å². The Labute approximate surface area is 151 Å². The first kappa shape index (κ1) is 15.5. The van der Waals surface area contributed by atoms with Crippen LogP contribution in [0.25, 0.3) is 11.0 Å². The number of rotatable bonds is 2. The molecule has 2 aliphatic rings. The second kappa shape index (κ2) is 6.17. The number of anilines is 1. The number of ether oxygens (including phenoxy) is 1. The number of nitrogens with one attached hydrogen (secondary N) is 2. The van der Waals surface area contributed by atoms with E-state index in [-0.39, 0.29) is 5.91 Å². The van der Waals surface area contributed by atoms with Crippen molar-refractivity contribution in [3.63, 3.8) is 0 Å². The Morgan fingerprint density at radius 2 is 2.08 bits per heavy atom. The lowest BCUT2D eigenvalue weighted by molar-refractivity contribution is 0.0741. The molecule has 2 aromatic heterocycles. The van der Waals surface area contributed by atoms with E-state index in [1.807, 2.05) is 23.1 Å². The fourth-order valence-corrected chi connectivity index (χ4v) is 3.89. The zero-order valence-corrected chi connectivity index (χ0v) is 14.5. The molecule has 1 saturated heterocycles. The van der Waals surface area contributed by atoms with Crippen molar-refractivity contribution < 1.29 is 9.53 Å². The molecule has 2 aliphatic heterocycles. The first-order valence-electron chi connectivity index (χ1n) is 9.04. The molecule has 0 spiro atoms. The van der Waals surface area contributed by atoms with E-state index >= 15 is 0 Å². The monoisotopic (exact) mass is 351 g/mol. The number of piperazine rings is 1. The Hall–Kier alpha value is -2.80. The largest absolute Gasteiger partial charge is 0.376 e. The van der Waals surface area contributed by atoms with Gasteiger partial charge in [-0.15, -0.1) is 0 Å². The summed E-state index contributed by atoms with van der Waals surface area (Å²) in [6.45, 7) is 4.35. The minimum Gasteiger partial charge on any atom is -0.376 e. The van der Waals surface area contributed by atoms with Crippen molar-refractivity contribution >= 4 is 22.6 Å². The molecule has 1 fully saturated rings. The maximum atomic E-state index is 12.8. The van der Waals surface area contributed by atoms with E-state index in [2.05, 4.69) is 25.9 Å². The molecule has 2 N–H and O–H groups in total. The Morgan fingerprint density at radius 3 is 2.92 bits per heavy atom. The van der Waals surface area contributed by atoms with E-state index in [0.29, 0.717) is 25.4 Å². The van der Waals surface area contributed by atoms with E-state index in [1.165, 1.54) is 0 Å². The van der Waals surface area contributed by atoms with Crippen LogP contribution in [0, 0.1) is 0 Å². The van der Waals surface area contributed by atoms with Crippen LogP contribution in [0.5, 0.6) is 0 Å². The second-order valence-corrected chi connectivity index (χ2v) is 6.84. The average Bonchev–Trinajstić information content (AvgIpc) is 3.34. The van der Waals surface area contributed by atoms with Crippen molar-refractivity contribution in [1.29, 1.82) is 0 Å². The van der Waals surface area contributed by atoms with Gasteiger partial charge in [-0.2, -0.15) is 0 Å². The number of carbonyl (C=O) groups is 1. The van der Waals surface area contributed by atoms with Crippen LogP contribution in [0.3, 0.4) is 0 Å². The number of benzene rings is 1. The number of hydrogen-bond donors (Lipinski definition) is 2. The first-order chi connectivity index (χ1) is 12.8. The number of imidazole rings is 1. The number of hydrogen-bond acceptors (Lipinski definition) is 4. The maximum Gasteiger partial charge on any atom is 0.270 e. The molecular weight excluding hydrogens is 330 g/mol. The summed E-state index contributed by atoms with van der Waals surface area (Å²) in [6.07, 6.45) is 2.58. The predicted molar refractivity (Wildman–Crippen MR) is 98.4 cm³/mol. The molecule has 4 heterocycles. The summed E-state index contributed by atoms with van der Waals surface area (Å²) >= 11 is 0. The topological polar surface area (TPSA) is 77.3 Å². The van der Waals surface area contributed by atoms with Gasteiger partial charge in [0.1, 0.15) is 11.2 Å². The van der Waals surface area contributed by atoms with Gasteiger partial charge in [-0.25, -0.2) is 4.98 Å². The summed E-state index contributed by atoms with van der Waals surface area (Å²) in [5.74, 6) is 0.0806. The van der Waals surface area contributed by atoms with Gasteiger partial charge in [-0.05, 0) is 23.8 Å². The van der Waals surface area contributed by atoms with Gasteiger partial charge >= 0.3 is 0 Å². The third-order valence-corrected chi connectivity index (χ3v) is 5.31. The molecule has 7 nitrogen and oxygen atoms in total. The van der Waals surface area contributed by atoms with Crippen LogP contribution in [0.4, 0.5) is 5.69 Å². The van der Waals surface area contributed by atoms with E-state index in [0.717, 1.165) is 54.1 Å². The van der Waals surface area contributed by atoms with Gasteiger partial charge in [0.05, 0.1) is 30.7 Å². The molecule has 0 bridgehead atoms. The molecule has 5 rings (SSSR count). The Kier molecular flexibility index (Phi) is 3.67. The number of aromatic amines is 2. The van der Waals surface area contributed by atoms with Crippen molar-refractivity contribution in [2.24, 2.45) is 0 Å². The molecule has 0 saturated carbocycles.